The van der Waals surface area contributed by atoms with Crippen LogP contribution < -0.4 is 0 Å². The van der Waals surface area contributed by atoms with E-state index in [0.29, 0.717) is 12.1 Å². The van der Waals surface area contributed by atoms with Gasteiger partial charge < -0.3 is 4.42 Å². The molecule has 0 amide bonds. The lowest BCUT2D eigenvalue weighted by Gasteiger charge is -2.07. The molecule has 0 aliphatic rings. The second kappa shape index (κ2) is 7.20. The summed E-state index contributed by atoms with van der Waals surface area (Å²) in [5.41, 5.74) is 2.67. The summed E-state index contributed by atoms with van der Waals surface area (Å²) < 4.78 is 7.39. The van der Waals surface area contributed by atoms with E-state index in [0.717, 1.165) is 33.6 Å². The SMILES string of the molecule is C=CCn1c(SCc2cccc(C#N)c2)nnc1-c1ccoc1C. The molecule has 6 heteroatoms. The van der Waals surface area contributed by atoms with Gasteiger partial charge >= 0.3 is 0 Å². The van der Waals surface area contributed by atoms with Crippen LogP contribution in [0.25, 0.3) is 11.4 Å². The lowest BCUT2D eigenvalue weighted by Crippen LogP contribution is -2.00. The lowest BCUT2D eigenvalue weighted by molar-refractivity contribution is 0.534. The molecule has 120 valence electrons. The van der Waals surface area contributed by atoms with Crippen molar-refractivity contribution in [1.82, 2.24) is 14.8 Å². The molecule has 0 saturated carbocycles. The number of allylic oxidation sites excluding steroid dienone is 1. The van der Waals surface area contributed by atoms with Gasteiger partial charge in [0.25, 0.3) is 0 Å². The van der Waals surface area contributed by atoms with E-state index < -0.39 is 0 Å². The molecule has 3 aromatic rings. The maximum Gasteiger partial charge on any atom is 0.192 e. The molecule has 5 nitrogen and oxygen atoms in total. The van der Waals surface area contributed by atoms with Gasteiger partial charge in [-0.3, -0.25) is 4.57 Å². The van der Waals surface area contributed by atoms with Crippen LogP contribution in [-0.2, 0) is 12.3 Å². The number of rotatable bonds is 6. The Labute approximate surface area is 144 Å². The van der Waals surface area contributed by atoms with Crippen molar-refractivity contribution in [3.8, 4) is 17.5 Å². The van der Waals surface area contributed by atoms with Crippen molar-refractivity contribution in [2.24, 2.45) is 0 Å². The van der Waals surface area contributed by atoms with E-state index in [-0.39, 0.29) is 0 Å². The zero-order chi connectivity index (χ0) is 16.9. The number of benzene rings is 1. The molecule has 0 aliphatic carbocycles. The summed E-state index contributed by atoms with van der Waals surface area (Å²) in [6, 6.07) is 11.6. The zero-order valence-corrected chi connectivity index (χ0v) is 14.1. The van der Waals surface area contributed by atoms with Gasteiger partial charge in [0.2, 0.25) is 0 Å². The largest absolute Gasteiger partial charge is 0.469 e. The highest BCUT2D eigenvalue weighted by atomic mass is 32.2. The molecule has 0 fully saturated rings. The second-order valence-electron chi connectivity index (χ2n) is 5.20. The average molecular weight is 336 g/mol. The third-order valence-corrected chi connectivity index (χ3v) is 4.59. The first-order valence-electron chi connectivity index (χ1n) is 7.43. The number of hydrogen-bond acceptors (Lipinski definition) is 5. The van der Waals surface area contributed by atoms with Gasteiger partial charge in [0, 0.05) is 12.3 Å². The Morgan fingerprint density at radius 3 is 2.96 bits per heavy atom. The normalized spacial score (nSPS) is 10.5. The predicted octanol–water partition coefficient (Wildman–Crippen LogP) is 4.20. The van der Waals surface area contributed by atoms with Crippen LogP contribution in [0.2, 0.25) is 0 Å². The molecule has 0 N–H and O–H groups in total. The van der Waals surface area contributed by atoms with E-state index in [1.807, 2.05) is 41.8 Å². The highest BCUT2D eigenvalue weighted by Gasteiger charge is 2.16. The van der Waals surface area contributed by atoms with Gasteiger partial charge in [-0.05, 0) is 30.7 Å². The van der Waals surface area contributed by atoms with Crippen molar-refractivity contribution >= 4 is 11.8 Å². The topological polar surface area (TPSA) is 67.6 Å². The van der Waals surface area contributed by atoms with Crippen molar-refractivity contribution in [3.63, 3.8) is 0 Å². The number of nitriles is 1. The van der Waals surface area contributed by atoms with Crippen molar-refractivity contribution in [3.05, 3.63) is 66.1 Å². The smallest absolute Gasteiger partial charge is 0.192 e. The highest BCUT2D eigenvalue weighted by Crippen LogP contribution is 2.28. The van der Waals surface area contributed by atoms with Crippen molar-refractivity contribution in [1.29, 1.82) is 5.26 Å². The molecule has 0 spiro atoms. The van der Waals surface area contributed by atoms with E-state index >= 15 is 0 Å². The zero-order valence-electron chi connectivity index (χ0n) is 13.3. The molecule has 0 atom stereocenters. The minimum Gasteiger partial charge on any atom is -0.469 e. The molecule has 0 radical (unpaired) electrons. The Hall–Kier alpha value is -2.78. The first-order chi connectivity index (χ1) is 11.7. The number of hydrogen-bond donors (Lipinski definition) is 0. The fourth-order valence-corrected chi connectivity index (χ4v) is 3.27. The first kappa shape index (κ1) is 16.1. The second-order valence-corrected chi connectivity index (χ2v) is 6.14. The summed E-state index contributed by atoms with van der Waals surface area (Å²) in [7, 11) is 0. The van der Waals surface area contributed by atoms with Gasteiger partial charge in [-0.25, -0.2) is 0 Å². The van der Waals surface area contributed by atoms with E-state index in [2.05, 4.69) is 22.8 Å². The molecule has 2 aromatic heterocycles. The highest BCUT2D eigenvalue weighted by molar-refractivity contribution is 7.98. The molecular formula is C18H16N4OS. The molecule has 2 heterocycles. The van der Waals surface area contributed by atoms with E-state index in [1.54, 1.807) is 24.1 Å². The molecule has 0 bridgehead atoms. The Morgan fingerprint density at radius 2 is 2.25 bits per heavy atom. The molecule has 24 heavy (non-hydrogen) atoms. The molecule has 3 rings (SSSR count). The predicted molar refractivity (Wildman–Crippen MR) is 93.4 cm³/mol. The van der Waals surface area contributed by atoms with E-state index in [4.69, 9.17) is 9.68 Å². The van der Waals surface area contributed by atoms with Crippen LogP contribution >= 0.6 is 11.8 Å². The third-order valence-electron chi connectivity index (χ3n) is 3.55. The first-order valence-corrected chi connectivity index (χ1v) is 8.42. The van der Waals surface area contributed by atoms with Gasteiger partial charge in [-0.2, -0.15) is 5.26 Å². The van der Waals surface area contributed by atoms with E-state index in [9.17, 15) is 0 Å². The van der Waals surface area contributed by atoms with Crippen LogP contribution in [0, 0.1) is 18.3 Å². The van der Waals surface area contributed by atoms with Gasteiger partial charge in [0.15, 0.2) is 11.0 Å². The summed E-state index contributed by atoms with van der Waals surface area (Å²) in [6.07, 6.45) is 3.47. The van der Waals surface area contributed by atoms with Crippen LogP contribution in [0.3, 0.4) is 0 Å². The fraction of sp³-hybridized carbons (Fsp3) is 0.167. The van der Waals surface area contributed by atoms with Crippen molar-refractivity contribution in [2.45, 2.75) is 24.4 Å². The fourth-order valence-electron chi connectivity index (χ4n) is 2.38. The maximum absolute atomic E-state index is 8.99. The standard InChI is InChI=1S/C18H16N4OS/c1-3-8-22-17(16-7-9-23-13(16)2)20-21-18(22)24-12-15-6-4-5-14(10-15)11-19/h3-7,9-10H,1,8,12H2,2H3. The lowest BCUT2D eigenvalue weighted by atomic mass is 10.2. The number of nitrogens with zero attached hydrogens (tertiary/aromatic N) is 4. The Bertz CT molecular complexity index is 904. The van der Waals surface area contributed by atoms with Gasteiger partial charge in [0.05, 0.1) is 23.5 Å². The molecule has 0 saturated heterocycles. The quantitative estimate of drug-likeness (QED) is 0.498. The number of aromatic nitrogens is 3. The summed E-state index contributed by atoms with van der Waals surface area (Å²) >= 11 is 1.58. The van der Waals surface area contributed by atoms with Crippen LogP contribution in [0.1, 0.15) is 16.9 Å². The summed E-state index contributed by atoms with van der Waals surface area (Å²) in [6.45, 7) is 6.34. The molecule has 0 aliphatic heterocycles. The monoisotopic (exact) mass is 336 g/mol. The summed E-state index contributed by atoms with van der Waals surface area (Å²) in [4.78, 5) is 0. The Morgan fingerprint density at radius 1 is 1.38 bits per heavy atom. The average Bonchev–Trinajstić information content (AvgIpc) is 3.19. The van der Waals surface area contributed by atoms with Crippen LogP contribution in [-0.4, -0.2) is 14.8 Å². The number of furan rings is 1. The number of aryl methyl sites for hydroxylation is 1. The van der Waals surface area contributed by atoms with Crippen LogP contribution in [0.15, 0.2) is 58.8 Å². The van der Waals surface area contributed by atoms with Crippen LogP contribution in [0.5, 0.6) is 0 Å². The summed E-state index contributed by atoms with van der Waals surface area (Å²) in [5, 5.41) is 18.4. The maximum atomic E-state index is 8.99. The number of thioether (sulfide) groups is 1. The van der Waals surface area contributed by atoms with E-state index in [1.165, 1.54) is 0 Å². The minimum absolute atomic E-state index is 0.619. The Balaban J connectivity index is 1.86. The van der Waals surface area contributed by atoms with Crippen LogP contribution in [0.4, 0.5) is 0 Å². The molecule has 1 aromatic carbocycles. The van der Waals surface area contributed by atoms with Crippen molar-refractivity contribution < 1.29 is 4.42 Å². The van der Waals surface area contributed by atoms with Gasteiger partial charge in [-0.1, -0.05) is 30.0 Å². The molecular weight excluding hydrogens is 320 g/mol. The van der Waals surface area contributed by atoms with Gasteiger partial charge in [-0.15, -0.1) is 16.8 Å². The molecule has 0 unspecified atom stereocenters. The van der Waals surface area contributed by atoms with Crippen molar-refractivity contribution in [2.75, 3.05) is 0 Å². The Kier molecular flexibility index (Phi) is 4.82. The third kappa shape index (κ3) is 3.26. The minimum atomic E-state index is 0.619. The summed E-state index contributed by atoms with van der Waals surface area (Å²) in [5.74, 6) is 2.30. The van der Waals surface area contributed by atoms with Gasteiger partial charge in [0.1, 0.15) is 5.76 Å².